The molecule has 0 fully saturated rings. The third-order valence-electron chi connectivity index (χ3n) is 7.20. The van der Waals surface area contributed by atoms with Gasteiger partial charge >= 0.3 is 0 Å². The SMILES string of the molecule is Cc1ccc(NS(=O)(=O)c2cc(NC(=O)C3Cc4ccccc4CN3C(=O)c3ccccc3)ccc2C)c(C)c1. The van der Waals surface area contributed by atoms with E-state index in [1.807, 2.05) is 56.3 Å². The van der Waals surface area contributed by atoms with E-state index in [1.54, 1.807) is 54.3 Å². The second-order valence-corrected chi connectivity index (χ2v) is 11.8. The summed E-state index contributed by atoms with van der Waals surface area (Å²) in [4.78, 5) is 28.8. The molecule has 1 atom stereocenters. The van der Waals surface area contributed by atoms with E-state index in [0.29, 0.717) is 35.5 Å². The number of aryl methyl sites for hydroxylation is 3. The summed E-state index contributed by atoms with van der Waals surface area (Å²) in [6, 6.07) is 26.2. The van der Waals surface area contributed by atoms with Gasteiger partial charge in [0.2, 0.25) is 5.91 Å². The molecule has 2 amide bonds. The molecule has 1 aliphatic heterocycles. The summed E-state index contributed by atoms with van der Waals surface area (Å²) in [5.41, 5.74) is 5.72. The fourth-order valence-electron chi connectivity index (χ4n) is 5.04. The third-order valence-corrected chi connectivity index (χ3v) is 8.71. The fourth-order valence-corrected chi connectivity index (χ4v) is 6.44. The van der Waals surface area contributed by atoms with E-state index in [0.717, 1.165) is 22.3 Å². The number of fused-ring (bicyclic) bond motifs is 1. The van der Waals surface area contributed by atoms with Gasteiger partial charge in [-0.15, -0.1) is 0 Å². The number of anilines is 2. The quantitative estimate of drug-likeness (QED) is 0.324. The van der Waals surface area contributed by atoms with Crippen molar-refractivity contribution in [3.05, 3.63) is 124 Å². The molecule has 1 aliphatic rings. The van der Waals surface area contributed by atoms with E-state index < -0.39 is 16.1 Å². The van der Waals surface area contributed by atoms with Gasteiger partial charge in [-0.3, -0.25) is 14.3 Å². The Bertz CT molecular complexity index is 1700. The molecule has 4 aromatic rings. The van der Waals surface area contributed by atoms with Crippen molar-refractivity contribution >= 4 is 33.2 Å². The van der Waals surface area contributed by atoms with Crippen LogP contribution in [0.25, 0.3) is 0 Å². The molecule has 0 aromatic heterocycles. The first-order valence-corrected chi connectivity index (χ1v) is 14.5. The molecule has 0 saturated carbocycles. The average Bonchev–Trinajstić information content (AvgIpc) is 2.94. The molecule has 1 unspecified atom stereocenters. The molecule has 0 spiro atoms. The molecule has 0 radical (unpaired) electrons. The lowest BCUT2D eigenvalue weighted by Crippen LogP contribution is -2.50. The summed E-state index contributed by atoms with van der Waals surface area (Å²) < 4.78 is 29.4. The minimum atomic E-state index is -3.93. The van der Waals surface area contributed by atoms with Crippen LogP contribution in [0.15, 0.2) is 95.9 Å². The number of hydrogen-bond donors (Lipinski definition) is 2. The zero-order chi connectivity index (χ0) is 28.4. The number of nitrogens with zero attached hydrogens (tertiary/aromatic N) is 1. The van der Waals surface area contributed by atoms with Gasteiger partial charge < -0.3 is 10.2 Å². The molecule has 0 aliphatic carbocycles. The molecule has 1 heterocycles. The number of hydrogen-bond acceptors (Lipinski definition) is 4. The second kappa shape index (κ2) is 11.0. The molecule has 8 heteroatoms. The lowest BCUT2D eigenvalue weighted by molar-refractivity contribution is -0.121. The maximum atomic E-state index is 13.7. The summed E-state index contributed by atoms with van der Waals surface area (Å²) in [6.45, 7) is 5.80. The Morgan fingerprint density at radius 3 is 2.23 bits per heavy atom. The molecule has 40 heavy (non-hydrogen) atoms. The lowest BCUT2D eigenvalue weighted by atomic mass is 9.92. The predicted molar refractivity (Wildman–Crippen MR) is 157 cm³/mol. The first kappa shape index (κ1) is 27.1. The largest absolute Gasteiger partial charge is 0.324 e. The minimum absolute atomic E-state index is 0.0662. The van der Waals surface area contributed by atoms with Crippen LogP contribution in [0.4, 0.5) is 11.4 Å². The summed E-state index contributed by atoms with van der Waals surface area (Å²) in [5, 5.41) is 2.88. The Morgan fingerprint density at radius 1 is 0.800 bits per heavy atom. The predicted octanol–water partition coefficient (Wildman–Crippen LogP) is 5.62. The van der Waals surface area contributed by atoms with Crippen LogP contribution < -0.4 is 10.0 Å². The highest BCUT2D eigenvalue weighted by atomic mass is 32.2. The van der Waals surface area contributed by atoms with Crippen molar-refractivity contribution in [3.8, 4) is 0 Å². The van der Waals surface area contributed by atoms with Gasteiger partial charge in [0.25, 0.3) is 15.9 Å². The van der Waals surface area contributed by atoms with Crippen LogP contribution in [0.2, 0.25) is 0 Å². The van der Waals surface area contributed by atoms with Crippen molar-refractivity contribution in [1.82, 2.24) is 4.90 Å². The molecular formula is C32H31N3O4S. The maximum Gasteiger partial charge on any atom is 0.262 e. The molecular weight excluding hydrogens is 522 g/mol. The van der Waals surface area contributed by atoms with E-state index in [4.69, 9.17) is 0 Å². The summed E-state index contributed by atoms with van der Waals surface area (Å²) in [5.74, 6) is -0.617. The summed E-state index contributed by atoms with van der Waals surface area (Å²) >= 11 is 0. The van der Waals surface area contributed by atoms with Crippen molar-refractivity contribution in [2.75, 3.05) is 10.0 Å². The first-order valence-electron chi connectivity index (χ1n) is 13.1. The monoisotopic (exact) mass is 553 g/mol. The number of amides is 2. The van der Waals surface area contributed by atoms with Gasteiger partial charge in [0.15, 0.2) is 0 Å². The van der Waals surface area contributed by atoms with E-state index in [2.05, 4.69) is 10.0 Å². The van der Waals surface area contributed by atoms with E-state index in [9.17, 15) is 18.0 Å². The highest BCUT2D eigenvalue weighted by Crippen LogP contribution is 2.28. The smallest absolute Gasteiger partial charge is 0.262 e. The van der Waals surface area contributed by atoms with Crippen LogP contribution in [0.1, 0.15) is 38.2 Å². The Hall–Kier alpha value is -4.43. The van der Waals surface area contributed by atoms with E-state index in [1.165, 1.54) is 6.07 Å². The van der Waals surface area contributed by atoms with Gasteiger partial charge in [-0.1, -0.05) is 66.2 Å². The highest BCUT2D eigenvalue weighted by Gasteiger charge is 2.35. The number of carbonyl (C=O) groups is 2. The summed E-state index contributed by atoms with van der Waals surface area (Å²) in [7, 11) is -3.93. The molecule has 5 rings (SSSR count). The molecule has 0 bridgehead atoms. The molecule has 0 saturated heterocycles. The van der Waals surface area contributed by atoms with Crippen LogP contribution in [0.3, 0.4) is 0 Å². The normalized spacial score (nSPS) is 14.8. The highest BCUT2D eigenvalue weighted by molar-refractivity contribution is 7.92. The Morgan fingerprint density at radius 2 is 1.50 bits per heavy atom. The van der Waals surface area contributed by atoms with Crippen LogP contribution in [-0.4, -0.2) is 31.2 Å². The van der Waals surface area contributed by atoms with Crippen molar-refractivity contribution < 1.29 is 18.0 Å². The van der Waals surface area contributed by atoms with Gasteiger partial charge in [0.05, 0.1) is 10.6 Å². The van der Waals surface area contributed by atoms with Crippen LogP contribution in [0.5, 0.6) is 0 Å². The number of benzene rings is 4. The second-order valence-electron chi connectivity index (χ2n) is 10.2. The number of sulfonamides is 1. The zero-order valence-electron chi connectivity index (χ0n) is 22.6. The third kappa shape index (κ3) is 5.62. The van der Waals surface area contributed by atoms with E-state index in [-0.39, 0.29) is 16.7 Å². The van der Waals surface area contributed by atoms with Gasteiger partial charge in [0.1, 0.15) is 6.04 Å². The van der Waals surface area contributed by atoms with E-state index >= 15 is 0 Å². The molecule has 2 N–H and O–H groups in total. The molecule has 4 aromatic carbocycles. The minimum Gasteiger partial charge on any atom is -0.324 e. The van der Waals surface area contributed by atoms with Crippen LogP contribution in [0, 0.1) is 20.8 Å². The number of nitrogens with one attached hydrogen (secondary N) is 2. The van der Waals surface area contributed by atoms with Crippen molar-refractivity contribution in [2.45, 2.75) is 44.7 Å². The standard InChI is InChI=1S/C32H31N3O4S/c1-21-13-16-28(23(3)17-21)34-40(38,39)30-19-27(15-14-22(30)2)33-31(36)29-18-25-11-7-8-12-26(25)20-35(29)32(37)24-9-5-4-6-10-24/h4-17,19,29,34H,18,20H2,1-3H3,(H,33,36). The van der Waals surface area contributed by atoms with Crippen molar-refractivity contribution in [1.29, 1.82) is 0 Å². The fraction of sp³-hybridized carbons (Fsp3) is 0.188. The van der Waals surface area contributed by atoms with Crippen molar-refractivity contribution in [2.24, 2.45) is 0 Å². The van der Waals surface area contributed by atoms with Crippen LogP contribution in [-0.2, 0) is 27.8 Å². The molecule has 7 nitrogen and oxygen atoms in total. The topological polar surface area (TPSA) is 95.6 Å². The number of carbonyl (C=O) groups excluding carboxylic acids is 2. The number of rotatable bonds is 6. The van der Waals surface area contributed by atoms with Crippen molar-refractivity contribution in [3.63, 3.8) is 0 Å². The lowest BCUT2D eigenvalue weighted by Gasteiger charge is -2.36. The van der Waals surface area contributed by atoms with Gasteiger partial charge in [-0.2, -0.15) is 0 Å². The van der Waals surface area contributed by atoms with Gasteiger partial charge in [-0.05, 0) is 73.4 Å². The first-order chi connectivity index (χ1) is 19.1. The van der Waals surface area contributed by atoms with Crippen LogP contribution >= 0.6 is 0 Å². The Kier molecular flexibility index (Phi) is 7.45. The van der Waals surface area contributed by atoms with Gasteiger partial charge in [-0.25, -0.2) is 8.42 Å². The summed E-state index contributed by atoms with van der Waals surface area (Å²) in [6.07, 6.45) is 0.353. The maximum absolute atomic E-state index is 13.7. The Balaban J connectivity index is 1.42. The van der Waals surface area contributed by atoms with Gasteiger partial charge in [0, 0.05) is 24.2 Å². The molecule has 204 valence electrons. The Labute approximate surface area is 234 Å². The average molecular weight is 554 g/mol. The zero-order valence-corrected chi connectivity index (χ0v) is 23.5.